The zero-order valence-electron chi connectivity index (χ0n) is 17.2. The summed E-state index contributed by atoms with van der Waals surface area (Å²) in [6.07, 6.45) is 4.76. The van der Waals surface area contributed by atoms with Gasteiger partial charge in [0, 0.05) is 37.0 Å². The summed E-state index contributed by atoms with van der Waals surface area (Å²) in [5.74, 6) is 2.23. The molecule has 28 heavy (non-hydrogen) atoms. The Balaban J connectivity index is 1.85. The lowest BCUT2D eigenvalue weighted by Gasteiger charge is -2.24. The summed E-state index contributed by atoms with van der Waals surface area (Å²) in [6.45, 7) is 9.74. The van der Waals surface area contributed by atoms with Crippen molar-refractivity contribution in [1.29, 1.82) is 0 Å². The van der Waals surface area contributed by atoms with E-state index >= 15 is 0 Å². The van der Waals surface area contributed by atoms with E-state index in [1.807, 2.05) is 18.2 Å². The Labute approximate surface area is 167 Å². The predicted molar refractivity (Wildman–Crippen MR) is 112 cm³/mol. The molecule has 0 aliphatic heterocycles. The first-order valence-electron chi connectivity index (χ1n) is 10.0. The number of pyridine rings is 2. The zero-order chi connectivity index (χ0) is 20.2. The molecule has 2 aromatic heterocycles. The van der Waals surface area contributed by atoms with E-state index < -0.39 is 0 Å². The normalized spacial score (nSPS) is 10.5. The van der Waals surface area contributed by atoms with Crippen molar-refractivity contribution in [2.75, 3.05) is 43.5 Å². The fraction of sp³-hybridized carbons (Fsp3) is 0.524. The quantitative estimate of drug-likeness (QED) is 0.521. The topological polar surface area (TPSA) is 82.7 Å². The summed E-state index contributed by atoms with van der Waals surface area (Å²) in [5.41, 5.74) is 7.00. The average molecular weight is 389 g/mol. The van der Waals surface area contributed by atoms with Crippen molar-refractivity contribution >= 4 is 11.5 Å². The molecule has 0 unspecified atom stereocenters. The predicted octanol–water partition coefficient (Wildman–Crippen LogP) is 3.93. The highest BCUT2D eigenvalue weighted by Crippen LogP contribution is 2.23. The first-order chi connectivity index (χ1) is 13.7. The number of nitrogens with zero attached hydrogens (tertiary/aromatic N) is 3. The van der Waals surface area contributed by atoms with Crippen LogP contribution in [-0.4, -0.2) is 42.9 Å². The smallest absolute Gasteiger partial charge is 0.217 e. The Bertz CT molecular complexity index is 689. The number of nitrogen functional groups attached to an aromatic ring is 1. The van der Waals surface area contributed by atoms with Gasteiger partial charge in [-0.25, -0.2) is 4.98 Å². The Hall–Kier alpha value is -2.70. The molecule has 154 valence electrons. The second-order valence-corrected chi connectivity index (χ2v) is 6.45. The minimum absolute atomic E-state index is 0.354. The lowest BCUT2D eigenvalue weighted by atomic mass is 10.3. The summed E-state index contributed by atoms with van der Waals surface area (Å²) in [7, 11) is 0. The molecule has 0 spiro atoms. The SMILES string of the molecule is CCCOc1ccc(OCCOc2cc(N(CCC)CCC)cc(N)n2)nc1. The van der Waals surface area contributed by atoms with Crippen molar-refractivity contribution in [1.82, 2.24) is 9.97 Å². The van der Waals surface area contributed by atoms with Gasteiger partial charge in [-0.1, -0.05) is 20.8 Å². The summed E-state index contributed by atoms with van der Waals surface area (Å²) >= 11 is 0. The Morgan fingerprint density at radius 1 is 0.857 bits per heavy atom. The molecule has 0 atom stereocenters. The monoisotopic (exact) mass is 388 g/mol. The number of aromatic nitrogens is 2. The van der Waals surface area contributed by atoms with Gasteiger partial charge in [0.05, 0.1) is 12.8 Å². The molecule has 0 aliphatic rings. The Morgan fingerprint density at radius 3 is 2.18 bits per heavy atom. The molecule has 7 nitrogen and oxygen atoms in total. The number of rotatable bonds is 13. The van der Waals surface area contributed by atoms with Gasteiger partial charge in [-0.15, -0.1) is 0 Å². The summed E-state index contributed by atoms with van der Waals surface area (Å²) in [4.78, 5) is 10.8. The van der Waals surface area contributed by atoms with Crippen LogP contribution >= 0.6 is 0 Å². The maximum atomic E-state index is 5.96. The Morgan fingerprint density at radius 2 is 1.57 bits per heavy atom. The van der Waals surface area contributed by atoms with Crippen molar-refractivity contribution in [3.8, 4) is 17.5 Å². The van der Waals surface area contributed by atoms with Gasteiger partial charge in [-0.3, -0.25) is 0 Å². The van der Waals surface area contributed by atoms with Crippen molar-refractivity contribution in [2.24, 2.45) is 0 Å². The number of anilines is 2. The molecule has 0 amide bonds. The third kappa shape index (κ3) is 7.13. The molecule has 0 aromatic carbocycles. The third-order valence-corrected chi connectivity index (χ3v) is 3.92. The zero-order valence-corrected chi connectivity index (χ0v) is 17.2. The minimum atomic E-state index is 0.354. The van der Waals surface area contributed by atoms with Gasteiger partial charge in [0.25, 0.3) is 0 Å². The van der Waals surface area contributed by atoms with Gasteiger partial charge < -0.3 is 24.8 Å². The van der Waals surface area contributed by atoms with E-state index in [0.717, 1.165) is 43.8 Å². The van der Waals surface area contributed by atoms with E-state index in [1.54, 1.807) is 12.3 Å². The lowest BCUT2D eigenvalue weighted by molar-refractivity contribution is 0.207. The molecular weight excluding hydrogens is 356 g/mol. The fourth-order valence-electron chi connectivity index (χ4n) is 2.73. The molecule has 2 heterocycles. The molecule has 0 saturated carbocycles. The highest BCUT2D eigenvalue weighted by atomic mass is 16.5. The lowest BCUT2D eigenvalue weighted by Crippen LogP contribution is -2.25. The van der Waals surface area contributed by atoms with Gasteiger partial charge in [-0.2, -0.15) is 4.98 Å². The van der Waals surface area contributed by atoms with E-state index in [0.29, 0.717) is 37.4 Å². The van der Waals surface area contributed by atoms with Gasteiger partial charge in [0.1, 0.15) is 24.8 Å². The highest BCUT2D eigenvalue weighted by Gasteiger charge is 2.09. The van der Waals surface area contributed by atoms with Crippen LogP contribution in [0.2, 0.25) is 0 Å². The maximum Gasteiger partial charge on any atom is 0.217 e. The van der Waals surface area contributed by atoms with E-state index in [4.69, 9.17) is 19.9 Å². The van der Waals surface area contributed by atoms with Crippen LogP contribution < -0.4 is 24.8 Å². The molecule has 0 fully saturated rings. The average Bonchev–Trinajstić information content (AvgIpc) is 2.70. The number of hydrogen-bond acceptors (Lipinski definition) is 7. The molecular formula is C21H32N4O3. The molecule has 2 aromatic rings. The van der Waals surface area contributed by atoms with Crippen LogP contribution in [0.15, 0.2) is 30.5 Å². The molecule has 2 rings (SSSR count). The van der Waals surface area contributed by atoms with Gasteiger partial charge in [0.15, 0.2) is 0 Å². The highest BCUT2D eigenvalue weighted by molar-refractivity contribution is 5.55. The van der Waals surface area contributed by atoms with Gasteiger partial charge in [-0.05, 0) is 25.3 Å². The van der Waals surface area contributed by atoms with E-state index in [1.165, 1.54) is 0 Å². The van der Waals surface area contributed by atoms with Crippen molar-refractivity contribution in [3.63, 3.8) is 0 Å². The maximum absolute atomic E-state index is 5.96. The van der Waals surface area contributed by atoms with Gasteiger partial charge >= 0.3 is 0 Å². The number of hydrogen-bond donors (Lipinski definition) is 1. The van der Waals surface area contributed by atoms with Crippen molar-refractivity contribution in [3.05, 3.63) is 30.5 Å². The second kappa shape index (κ2) is 11.9. The summed E-state index contributed by atoms with van der Waals surface area (Å²) in [5, 5.41) is 0. The summed E-state index contributed by atoms with van der Waals surface area (Å²) in [6, 6.07) is 7.45. The van der Waals surface area contributed by atoms with Crippen molar-refractivity contribution < 1.29 is 14.2 Å². The minimum Gasteiger partial charge on any atom is -0.492 e. The van der Waals surface area contributed by atoms with Gasteiger partial charge in [0.2, 0.25) is 11.8 Å². The number of ether oxygens (including phenoxy) is 3. The van der Waals surface area contributed by atoms with Crippen LogP contribution in [0.4, 0.5) is 11.5 Å². The third-order valence-electron chi connectivity index (χ3n) is 3.92. The van der Waals surface area contributed by atoms with E-state index in [2.05, 4.69) is 35.6 Å². The first-order valence-corrected chi connectivity index (χ1v) is 10.0. The molecule has 0 radical (unpaired) electrons. The van der Waals surface area contributed by atoms with Crippen molar-refractivity contribution in [2.45, 2.75) is 40.0 Å². The second-order valence-electron chi connectivity index (χ2n) is 6.45. The standard InChI is InChI=1S/C21H32N4O3/c1-4-9-25(10-5-2)17-14-19(22)24-21(15-17)28-13-12-27-20-8-7-18(16-23-20)26-11-6-3/h7-8,14-16H,4-6,9-13H2,1-3H3,(H2,22,24). The molecule has 7 heteroatoms. The Kier molecular flexibility index (Phi) is 9.18. The van der Waals surface area contributed by atoms with Crippen LogP contribution in [0.5, 0.6) is 17.5 Å². The van der Waals surface area contributed by atoms with E-state index in [-0.39, 0.29) is 0 Å². The molecule has 0 saturated heterocycles. The largest absolute Gasteiger partial charge is 0.492 e. The number of nitrogens with two attached hydrogens (primary N) is 1. The van der Waals surface area contributed by atoms with Crippen LogP contribution in [0.25, 0.3) is 0 Å². The fourth-order valence-corrected chi connectivity index (χ4v) is 2.73. The first kappa shape index (κ1) is 21.6. The van der Waals surface area contributed by atoms with Crippen LogP contribution in [0.3, 0.4) is 0 Å². The van der Waals surface area contributed by atoms with Crippen LogP contribution in [0.1, 0.15) is 40.0 Å². The molecule has 0 bridgehead atoms. The molecule has 2 N–H and O–H groups in total. The van der Waals surface area contributed by atoms with Crippen LogP contribution in [0, 0.1) is 0 Å². The van der Waals surface area contributed by atoms with E-state index in [9.17, 15) is 0 Å². The summed E-state index contributed by atoms with van der Waals surface area (Å²) < 4.78 is 16.9. The van der Waals surface area contributed by atoms with Crippen LogP contribution in [-0.2, 0) is 0 Å². The molecule has 0 aliphatic carbocycles.